The standard InChI is InChI=1S/C15H23BrN2/c1-15(2)11-14(7-9-18-15)17-8-6-12-4-3-5-13(16)10-12/h3-5,10,14,17-18H,6-9,11H2,1-2H3. The highest BCUT2D eigenvalue weighted by Gasteiger charge is 2.26. The van der Waals surface area contributed by atoms with Gasteiger partial charge in [0.1, 0.15) is 0 Å². The SMILES string of the molecule is CC1(C)CC(NCCc2cccc(Br)c2)CCN1. The van der Waals surface area contributed by atoms with Crippen LogP contribution in [0.15, 0.2) is 28.7 Å². The van der Waals surface area contributed by atoms with Gasteiger partial charge in [-0.2, -0.15) is 0 Å². The van der Waals surface area contributed by atoms with E-state index in [1.165, 1.54) is 22.9 Å². The maximum atomic E-state index is 3.69. The summed E-state index contributed by atoms with van der Waals surface area (Å²) >= 11 is 3.52. The van der Waals surface area contributed by atoms with Gasteiger partial charge in [0.05, 0.1) is 0 Å². The van der Waals surface area contributed by atoms with Gasteiger partial charge in [-0.25, -0.2) is 0 Å². The monoisotopic (exact) mass is 310 g/mol. The number of halogens is 1. The Balaban J connectivity index is 1.75. The highest BCUT2D eigenvalue weighted by molar-refractivity contribution is 9.10. The topological polar surface area (TPSA) is 24.1 Å². The minimum Gasteiger partial charge on any atom is -0.314 e. The Kier molecular flexibility index (Phi) is 4.82. The first-order valence-electron chi connectivity index (χ1n) is 6.78. The zero-order valence-corrected chi connectivity index (χ0v) is 12.9. The van der Waals surface area contributed by atoms with Crippen LogP contribution in [0.4, 0.5) is 0 Å². The van der Waals surface area contributed by atoms with Crippen LogP contribution in [-0.2, 0) is 6.42 Å². The van der Waals surface area contributed by atoms with Crippen LogP contribution in [0.5, 0.6) is 0 Å². The molecule has 0 bridgehead atoms. The Morgan fingerprint density at radius 2 is 2.28 bits per heavy atom. The van der Waals surface area contributed by atoms with Gasteiger partial charge in [0.25, 0.3) is 0 Å². The molecule has 2 rings (SSSR count). The maximum Gasteiger partial charge on any atom is 0.0178 e. The average molecular weight is 311 g/mol. The van der Waals surface area contributed by atoms with Gasteiger partial charge in [-0.3, -0.25) is 0 Å². The molecule has 1 aromatic carbocycles. The van der Waals surface area contributed by atoms with E-state index in [4.69, 9.17) is 0 Å². The molecule has 0 saturated carbocycles. The lowest BCUT2D eigenvalue weighted by atomic mass is 9.89. The summed E-state index contributed by atoms with van der Waals surface area (Å²) in [4.78, 5) is 0. The summed E-state index contributed by atoms with van der Waals surface area (Å²) in [5.74, 6) is 0. The van der Waals surface area contributed by atoms with Crippen molar-refractivity contribution in [2.75, 3.05) is 13.1 Å². The molecule has 0 aliphatic carbocycles. The highest BCUT2D eigenvalue weighted by atomic mass is 79.9. The van der Waals surface area contributed by atoms with Gasteiger partial charge in [0.15, 0.2) is 0 Å². The largest absolute Gasteiger partial charge is 0.314 e. The molecule has 0 spiro atoms. The number of hydrogen-bond donors (Lipinski definition) is 2. The van der Waals surface area contributed by atoms with Crippen molar-refractivity contribution in [2.24, 2.45) is 0 Å². The van der Waals surface area contributed by atoms with Crippen LogP contribution in [-0.4, -0.2) is 24.7 Å². The average Bonchev–Trinajstić information content (AvgIpc) is 2.28. The Morgan fingerprint density at radius 1 is 1.44 bits per heavy atom. The lowest BCUT2D eigenvalue weighted by Gasteiger charge is -2.37. The van der Waals surface area contributed by atoms with Gasteiger partial charge in [-0.05, 0) is 63.9 Å². The molecular formula is C15H23BrN2. The number of piperidine rings is 1. The molecule has 1 unspecified atom stereocenters. The van der Waals surface area contributed by atoms with Gasteiger partial charge in [-0.1, -0.05) is 28.1 Å². The third-order valence-corrected chi connectivity index (χ3v) is 4.08. The van der Waals surface area contributed by atoms with Crippen molar-refractivity contribution in [1.82, 2.24) is 10.6 Å². The van der Waals surface area contributed by atoms with E-state index in [2.05, 4.69) is 64.7 Å². The molecule has 3 heteroatoms. The van der Waals surface area contributed by atoms with E-state index < -0.39 is 0 Å². The van der Waals surface area contributed by atoms with Gasteiger partial charge in [0, 0.05) is 16.1 Å². The third-order valence-electron chi connectivity index (χ3n) is 3.59. The Bertz CT molecular complexity index is 390. The van der Waals surface area contributed by atoms with E-state index >= 15 is 0 Å². The Morgan fingerprint density at radius 3 is 3.00 bits per heavy atom. The summed E-state index contributed by atoms with van der Waals surface area (Å²) < 4.78 is 1.17. The number of hydrogen-bond acceptors (Lipinski definition) is 2. The first kappa shape index (κ1) is 14.0. The molecule has 0 radical (unpaired) electrons. The molecule has 1 aromatic rings. The van der Waals surface area contributed by atoms with Gasteiger partial charge in [0.2, 0.25) is 0 Å². The quantitative estimate of drug-likeness (QED) is 0.893. The van der Waals surface area contributed by atoms with Crippen LogP contribution < -0.4 is 10.6 Å². The minimum atomic E-state index is 0.283. The fourth-order valence-corrected chi connectivity index (χ4v) is 3.11. The van der Waals surface area contributed by atoms with E-state index in [9.17, 15) is 0 Å². The molecular weight excluding hydrogens is 288 g/mol. The number of nitrogens with one attached hydrogen (secondary N) is 2. The first-order chi connectivity index (χ1) is 8.55. The van der Waals surface area contributed by atoms with Crippen LogP contribution in [0, 0.1) is 0 Å². The normalized spacial score (nSPS) is 22.9. The van der Waals surface area contributed by atoms with Crippen LogP contribution in [0.25, 0.3) is 0 Å². The lowest BCUT2D eigenvalue weighted by Crippen LogP contribution is -2.52. The second kappa shape index (κ2) is 6.18. The predicted octanol–water partition coefficient (Wildman–Crippen LogP) is 3.11. The highest BCUT2D eigenvalue weighted by Crippen LogP contribution is 2.18. The summed E-state index contributed by atoms with van der Waals surface area (Å²) in [6.07, 6.45) is 3.55. The predicted molar refractivity (Wildman–Crippen MR) is 81.0 cm³/mol. The molecule has 1 heterocycles. The van der Waals surface area contributed by atoms with Crippen molar-refractivity contribution in [2.45, 2.75) is 44.7 Å². The Hall–Kier alpha value is -0.380. The van der Waals surface area contributed by atoms with Crippen molar-refractivity contribution in [3.63, 3.8) is 0 Å². The fourth-order valence-electron chi connectivity index (χ4n) is 2.66. The molecule has 1 aliphatic rings. The van der Waals surface area contributed by atoms with E-state index in [-0.39, 0.29) is 5.54 Å². The van der Waals surface area contributed by atoms with Crippen LogP contribution in [0.1, 0.15) is 32.3 Å². The van der Waals surface area contributed by atoms with Crippen LogP contribution >= 0.6 is 15.9 Å². The van der Waals surface area contributed by atoms with Gasteiger partial charge >= 0.3 is 0 Å². The van der Waals surface area contributed by atoms with Gasteiger partial charge in [-0.15, -0.1) is 0 Å². The maximum absolute atomic E-state index is 3.69. The van der Waals surface area contributed by atoms with Crippen molar-refractivity contribution in [3.8, 4) is 0 Å². The molecule has 1 saturated heterocycles. The lowest BCUT2D eigenvalue weighted by molar-refractivity contribution is 0.249. The minimum absolute atomic E-state index is 0.283. The summed E-state index contributed by atoms with van der Waals surface area (Å²) in [6, 6.07) is 9.24. The smallest absolute Gasteiger partial charge is 0.0178 e. The summed E-state index contributed by atoms with van der Waals surface area (Å²) in [5.41, 5.74) is 1.68. The molecule has 1 fully saturated rings. The van der Waals surface area contributed by atoms with Gasteiger partial charge < -0.3 is 10.6 Å². The van der Waals surface area contributed by atoms with Crippen molar-refractivity contribution >= 4 is 15.9 Å². The van der Waals surface area contributed by atoms with Crippen LogP contribution in [0.2, 0.25) is 0 Å². The zero-order valence-electron chi connectivity index (χ0n) is 11.3. The molecule has 0 aromatic heterocycles. The van der Waals surface area contributed by atoms with E-state index in [1.54, 1.807) is 0 Å². The molecule has 1 aliphatic heterocycles. The third kappa shape index (κ3) is 4.38. The molecule has 0 amide bonds. The molecule has 18 heavy (non-hydrogen) atoms. The molecule has 1 atom stereocenters. The number of benzene rings is 1. The fraction of sp³-hybridized carbons (Fsp3) is 0.600. The Labute approximate surface area is 119 Å². The van der Waals surface area contributed by atoms with Crippen molar-refractivity contribution in [3.05, 3.63) is 34.3 Å². The molecule has 2 N–H and O–H groups in total. The second-order valence-electron chi connectivity index (χ2n) is 5.83. The van der Waals surface area contributed by atoms with Crippen molar-refractivity contribution < 1.29 is 0 Å². The summed E-state index contributed by atoms with van der Waals surface area (Å²) in [5, 5.41) is 7.25. The second-order valence-corrected chi connectivity index (χ2v) is 6.75. The van der Waals surface area contributed by atoms with E-state index in [0.29, 0.717) is 6.04 Å². The number of rotatable bonds is 4. The van der Waals surface area contributed by atoms with E-state index in [1.807, 2.05) is 0 Å². The molecule has 2 nitrogen and oxygen atoms in total. The van der Waals surface area contributed by atoms with Crippen molar-refractivity contribution in [1.29, 1.82) is 0 Å². The first-order valence-corrected chi connectivity index (χ1v) is 7.57. The van der Waals surface area contributed by atoms with E-state index in [0.717, 1.165) is 19.5 Å². The summed E-state index contributed by atoms with van der Waals surface area (Å²) in [6.45, 7) is 6.77. The zero-order chi connectivity index (χ0) is 13.0. The summed E-state index contributed by atoms with van der Waals surface area (Å²) in [7, 11) is 0. The van der Waals surface area contributed by atoms with Crippen LogP contribution in [0.3, 0.4) is 0 Å². The molecule has 100 valence electrons.